The molecule has 0 amide bonds. The van der Waals surface area contributed by atoms with Crippen LogP contribution in [-0.2, 0) is 5.88 Å². The summed E-state index contributed by atoms with van der Waals surface area (Å²) in [6, 6.07) is 8.11. The van der Waals surface area contributed by atoms with E-state index in [0.29, 0.717) is 11.8 Å². The van der Waals surface area contributed by atoms with Crippen molar-refractivity contribution >= 4 is 11.6 Å². The predicted octanol–water partition coefficient (Wildman–Crippen LogP) is 3.17. The van der Waals surface area contributed by atoms with Crippen LogP contribution in [0.2, 0.25) is 0 Å². The Kier molecular flexibility index (Phi) is 2.24. The molecular formula is C11H10ClN. The maximum Gasteiger partial charge on any atom is 0.0994 e. The van der Waals surface area contributed by atoms with Crippen molar-refractivity contribution in [3.63, 3.8) is 0 Å². The van der Waals surface area contributed by atoms with Crippen molar-refractivity contribution < 1.29 is 0 Å². The minimum absolute atomic E-state index is 0.533. The average Bonchev–Trinajstić information content (AvgIpc) is 3.00. The van der Waals surface area contributed by atoms with Crippen LogP contribution >= 0.6 is 11.6 Å². The molecule has 0 aromatic heterocycles. The van der Waals surface area contributed by atoms with Gasteiger partial charge in [-0.05, 0) is 36.0 Å². The smallest absolute Gasteiger partial charge is 0.0994 e. The monoisotopic (exact) mass is 191 g/mol. The van der Waals surface area contributed by atoms with Crippen molar-refractivity contribution in [1.82, 2.24) is 0 Å². The highest BCUT2D eigenvalue weighted by molar-refractivity contribution is 6.17. The van der Waals surface area contributed by atoms with E-state index in [1.165, 1.54) is 18.4 Å². The van der Waals surface area contributed by atoms with E-state index in [1.54, 1.807) is 0 Å². The van der Waals surface area contributed by atoms with Gasteiger partial charge in [0, 0.05) is 5.88 Å². The summed E-state index contributed by atoms with van der Waals surface area (Å²) in [4.78, 5) is 0. The van der Waals surface area contributed by atoms with E-state index in [9.17, 15) is 0 Å². The molecule has 13 heavy (non-hydrogen) atoms. The summed E-state index contributed by atoms with van der Waals surface area (Å²) in [5.74, 6) is 1.16. The first-order valence-electron chi connectivity index (χ1n) is 4.44. The van der Waals surface area contributed by atoms with E-state index in [4.69, 9.17) is 16.9 Å². The Bertz CT molecular complexity index is 361. The lowest BCUT2D eigenvalue weighted by molar-refractivity contribution is 1.11. The fourth-order valence-electron chi connectivity index (χ4n) is 1.53. The van der Waals surface area contributed by atoms with Crippen molar-refractivity contribution in [2.75, 3.05) is 0 Å². The maximum atomic E-state index is 8.88. The van der Waals surface area contributed by atoms with E-state index >= 15 is 0 Å². The Morgan fingerprint density at radius 1 is 1.46 bits per heavy atom. The van der Waals surface area contributed by atoms with Crippen molar-refractivity contribution in [1.29, 1.82) is 5.26 Å². The zero-order valence-corrected chi connectivity index (χ0v) is 8.01. The summed E-state index contributed by atoms with van der Waals surface area (Å²) >= 11 is 5.74. The fourth-order valence-corrected chi connectivity index (χ4v) is 1.70. The number of nitrogens with zero attached hydrogens (tertiary/aromatic N) is 1. The number of hydrogen-bond donors (Lipinski definition) is 0. The summed E-state index contributed by atoms with van der Waals surface area (Å²) in [6.45, 7) is 0. The largest absolute Gasteiger partial charge is 0.192 e. The first-order chi connectivity index (χ1) is 6.35. The first-order valence-corrected chi connectivity index (χ1v) is 4.97. The van der Waals surface area contributed by atoms with Crippen molar-refractivity contribution in [3.05, 3.63) is 34.9 Å². The van der Waals surface area contributed by atoms with Crippen LogP contribution in [0, 0.1) is 11.3 Å². The maximum absolute atomic E-state index is 8.88. The molecule has 1 saturated carbocycles. The number of benzene rings is 1. The summed E-state index contributed by atoms with van der Waals surface area (Å²) < 4.78 is 0. The lowest BCUT2D eigenvalue weighted by atomic mass is 10.0. The highest BCUT2D eigenvalue weighted by Crippen LogP contribution is 2.41. The third-order valence-corrected chi connectivity index (χ3v) is 2.72. The number of nitriles is 1. The van der Waals surface area contributed by atoms with Crippen LogP contribution in [0.15, 0.2) is 18.2 Å². The van der Waals surface area contributed by atoms with Gasteiger partial charge in [0.1, 0.15) is 0 Å². The molecule has 0 spiro atoms. The average molecular weight is 192 g/mol. The van der Waals surface area contributed by atoms with Gasteiger partial charge in [0.05, 0.1) is 11.6 Å². The van der Waals surface area contributed by atoms with Crippen LogP contribution in [0.25, 0.3) is 0 Å². The van der Waals surface area contributed by atoms with Crippen LogP contribution in [0.5, 0.6) is 0 Å². The first kappa shape index (κ1) is 8.59. The summed E-state index contributed by atoms with van der Waals surface area (Å²) in [7, 11) is 0. The quantitative estimate of drug-likeness (QED) is 0.659. The van der Waals surface area contributed by atoms with Gasteiger partial charge in [-0.15, -0.1) is 11.6 Å². The molecule has 0 aliphatic heterocycles. The molecule has 0 saturated heterocycles. The predicted molar refractivity (Wildman–Crippen MR) is 52.7 cm³/mol. The van der Waals surface area contributed by atoms with Gasteiger partial charge in [0.15, 0.2) is 0 Å². The molecule has 1 nitrogen and oxygen atoms in total. The highest BCUT2D eigenvalue weighted by atomic mass is 35.5. The van der Waals surface area contributed by atoms with E-state index in [0.717, 1.165) is 11.1 Å². The number of rotatable bonds is 2. The normalized spacial score (nSPS) is 15.4. The Labute approximate surface area is 82.9 Å². The van der Waals surface area contributed by atoms with E-state index in [1.807, 2.05) is 12.1 Å². The molecule has 0 atom stereocenters. The van der Waals surface area contributed by atoms with E-state index in [-0.39, 0.29) is 0 Å². The molecular weight excluding hydrogens is 182 g/mol. The molecule has 0 radical (unpaired) electrons. The van der Waals surface area contributed by atoms with Crippen molar-refractivity contribution in [2.45, 2.75) is 24.6 Å². The third-order valence-electron chi connectivity index (χ3n) is 2.41. The molecule has 66 valence electrons. The van der Waals surface area contributed by atoms with Gasteiger partial charge in [0.25, 0.3) is 0 Å². The van der Waals surface area contributed by atoms with E-state index in [2.05, 4.69) is 12.1 Å². The van der Waals surface area contributed by atoms with Crippen molar-refractivity contribution in [3.8, 4) is 6.07 Å². The van der Waals surface area contributed by atoms with Gasteiger partial charge in [-0.2, -0.15) is 5.26 Å². The number of alkyl halides is 1. The lowest BCUT2D eigenvalue weighted by Crippen LogP contribution is -1.89. The van der Waals surface area contributed by atoms with Crippen LogP contribution in [0.3, 0.4) is 0 Å². The number of halogens is 1. The van der Waals surface area contributed by atoms with Crippen LogP contribution in [0.4, 0.5) is 0 Å². The Balaban J connectivity index is 2.42. The van der Waals surface area contributed by atoms with Crippen LogP contribution < -0.4 is 0 Å². The van der Waals surface area contributed by atoms with Gasteiger partial charge in [0.2, 0.25) is 0 Å². The second-order valence-electron chi connectivity index (χ2n) is 3.44. The lowest BCUT2D eigenvalue weighted by Gasteiger charge is -2.03. The molecule has 0 heterocycles. The minimum atomic E-state index is 0.533. The Morgan fingerprint density at radius 3 is 2.77 bits per heavy atom. The standard InChI is InChI=1S/C11H10ClN/c12-6-8-1-2-10(7-13)11(5-8)9-3-4-9/h1-2,5,9H,3-4,6H2. The molecule has 1 fully saturated rings. The summed E-state index contributed by atoms with van der Waals surface area (Å²) in [5.41, 5.74) is 3.12. The third kappa shape index (κ3) is 1.68. The van der Waals surface area contributed by atoms with Crippen LogP contribution in [-0.4, -0.2) is 0 Å². The van der Waals surface area contributed by atoms with Gasteiger partial charge in [-0.1, -0.05) is 12.1 Å². The molecule has 0 unspecified atom stereocenters. The zero-order chi connectivity index (χ0) is 9.26. The van der Waals surface area contributed by atoms with Crippen LogP contribution in [0.1, 0.15) is 35.4 Å². The zero-order valence-electron chi connectivity index (χ0n) is 7.26. The second-order valence-corrected chi connectivity index (χ2v) is 3.71. The molecule has 2 rings (SSSR count). The topological polar surface area (TPSA) is 23.8 Å². The number of hydrogen-bond acceptors (Lipinski definition) is 1. The molecule has 1 aliphatic rings. The molecule has 2 heteroatoms. The Morgan fingerprint density at radius 2 is 2.23 bits per heavy atom. The molecule has 1 aromatic rings. The van der Waals surface area contributed by atoms with Gasteiger partial charge in [-0.25, -0.2) is 0 Å². The second kappa shape index (κ2) is 3.40. The van der Waals surface area contributed by atoms with Gasteiger partial charge in [-0.3, -0.25) is 0 Å². The van der Waals surface area contributed by atoms with Gasteiger partial charge < -0.3 is 0 Å². The van der Waals surface area contributed by atoms with E-state index < -0.39 is 0 Å². The Hall–Kier alpha value is -1.00. The molecule has 0 N–H and O–H groups in total. The SMILES string of the molecule is N#Cc1ccc(CCl)cc1C1CC1. The molecule has 1 aromatic carbocycles. The molecule has 0 bridgehead atoms. The van der Waals surface area contributed by atoms with Gasteiger partial charge >= 0.3 is 0 Å². The molecule has 1 aliphatic carbocycles. The fraction of sp³-hybridized carbons (Fsp3) is 0.364. The summed E-state index contributed by atoms with van der Waals surface area (Å²) in [5, 5.41) is 8.88. The van der Waals surface area contributed by atoms with Crippen molar-refractivity contribution in [2.24, 2.45) is 0 Å². The highest BCUT2D eigenvalue weighted by Gasteiger charge is 2.26. The minimum Gasteiger partial charge on any atom is -0.192 e. The summed E-state index contributed by atoms with van der Waals surface area (Å²) in [6.07, 6.45) is 2.45.